The van der Waals surface area contributed by atoms with E-state index in [2.05, 4.69) is 16.0 Å². The van der Waals surface area contributed by atoms with Gasteiger partial charge in [-0.15, -0.1) is 0 Å². The van der Waals surface area contributed by atoms with Gasteiger partial charge >= 0.3 is 12.0 Å². The van der Waals surface area contributed by atoms with E-state index in [1.165, 1.54) is 12.1 Å². The molecular formula is C25H29Cl2N3O4. The van der Waals surface area contributed by atoms with E-state index in [9.17, 15) is 19.5 Å². The van der Waals surface area contributed by atoms with E-state index in [1.54, 1.807) is 0 Å². The highest BCUT2D eigenvalue weighted by Gasteiger charge is 2.41. The minimum Gasteiger partial charge on any atom is -0.480 e. The Morgan fingerprint density at radius 1 is 0.971 bits per heavy atom. The maximum atomic E-state index is 13.2. The van der Waals surface area contributed by atoms with Crippen LogP contribution >= 0.6 is 23.2 Å². The highest BCUT2D eigenvalue weighted by atomic mass is 35.5. The molecule has 0 saturated heterocycles. The summed E-state index contributed by atoms with van der Waals surface area (Å²) in [4.78, 5) is 38.1. The normalized spacial score (nSPS) is 15.8. The third kappa shape index (κ3) is 5.83. The summed E-state index contributed by atoms with van der Waals surface area (Å²) in [5.41, 5.74) is 2.00. The van der Waals surface area contributed by atoms with Crippen molar-refractivity contribution in [3.63, 3.8) is 0 Å². The topological polar surface area (TPSA) is 108 Å². The molecule has 2 aromatic carbocycles. The molecule has 182 valence electrons. The SMILES string of the molecule is Cc1cccc(C)c1NC(=O)Nc1cc(Cl)c(Cl)cc1C(=O)N[C@H](C(=O)O)C1(C)CCCCC1. The molecule has 0 aromatic heterocycles. The molecule has 0 heterocycles. The average Bonchev–Trinajstić information content (AvgIpc) is 2.77. The molecule has 1 saturated carbocycles. The second-order valence-corrected chi connectivity index (χ2v) is 9.93. The second kappa shape index (κ2) is 10.7. The first-order valence-electron chi connectivity index (χ1n) is 11.2. The van der Waals surface area contributed by atoms with Gasteiger partial charge in [-0.2, -0.15) is 0 Å². The molecule has 9 heteroatoms. The highest BCUT2D eigenvalue weighted by molar-refractivity contribution is 6.42. The monoisotopic (exact) mass is 505 g/mol. The Bertz CT molecular complexity index is 1090. The first-order chi connectivity index (χ1) is 16.0. The zero-order chi connectivity index (χ0) is 25.0. The van der Waals surface area contributed by atoms with Crippen LogP contribution in [0.2, 0.25) is 10.0 Å². The van der Waals surface area contributed by atoms with Gasteiger partial charge in [0.1, 0.15) is 6.04 Å². The van der Waals surface area contributed by atoms with E-state index >= 15 is 0 Å². The van der Waals surface area contributed by atoms with Crippen LogP contribution in [0, 0.1) is 19.3 Å². The fourth-order valence-electron chi connectivity index (χ4n) is 4.51. The summed E-state index contributed by atoms with van der Waals surface area (Å²) in [6, 6.07) is 6.69. The van der Waals surface area contributed by atoms with Crippen molar-refractivity contribution in [1.82, 2.24) is 5.32 Å². The van der Waals surface area contributed by atoms with Crippen molar-refractivity contribution in [3.05, 3.63) is 57.1 Å². The van der Waals surface area contributed by atoms with Gasteiger partial charge in [-0.25, -0.2) is 9.59 Å². The predicted molar refractivity (Wildman–Crippen MR) is 135 cm³/mol. The van der Waals surface area contributed by atoms with E-state index in [1.807, 2.05) is 39.0 Å². The van der Waals surface area contributed by atoms with Crippen molar-refractivity contribution in [3.8, 4) is 0 Å². The Morgan fingerprint density at radius 3 is 2.15 bits per heavy atom. The summed E-state index contributed by atoms with van der Waals surface area (Å²) >= 11 is 12.3. The fraction of sp³-hybridized carbons (Fsp3) is 0.400. The van der Waals surface area contributed by atoms with Crippen molar-refractivity contribution in [1.29, 1.82) is 0 Å². The smallest absolute Gasteiger partial charge is 0.326 e. The number of halogens is 2. The van der Waals surface area contributed by atoms with Crippen LogP contribution in [0.4, 0.5) is 16.2 Å². The van der Waals surface area contributed by atoms with E-state index in [4.69, 9.17) is 23.2 Å². The van der Waals surface area contributed by atoms with Crippen molar-refractivity contribution < 1.29 is 19.5 Å². The van der Waals surface area contributed by atoms with Crippen LogP contribution in [-0.4, -0.2) is 29.1 Å². The quantitative estimate of drug-likeness (QED) is 0.363. The number of aryl methyl sites for hydroxylation is 2. The van der Waals surface area contributed by atoms with Crippen LogP contribution < -0.4 is 16.0 Å². The van der Waals surface area contributed by atoms with E-state index in [-0.39, 0.29) is 21.3 Å². The van der Waals surface area contributed by atoms with Gasteiger partial charge in [0, 0.05) is 5.69 Å². The molecule has 3 rings (SSSR count). The number of aliphatic carboxylic acids is 1. The zero-order valence-electron chi connectivity index (χ0n) is 19.4. The molecule has 2 aromatic rings. The van der Waals surface area contributed by atoms with Crippen LogP contribution in [0.1, 0.15) is 60.5 Å². The fourth-order valence-corrected chi connectivity index (χ4v) is 4.84. The van der Waals surface area contributed by atoms with Crippen molar-refractivity contribution in [2.24, 2.45) is 5.41 Å². The maximum absolute atomic E-state index is 13.2. The Kier molecular flexibility index (Phi) is 8.10. The van der Waals surface area contributed by atoms with Gasteiger partial charge in [-0.05, 0) is 55.4 Å². The third-order valence-electron chi connectivity index (χ3n) is 6.49. The maximum Gasteiger partial charge on any atom is 0.326 e. The molecule has 0 spiro atoms. The number of urea groups is 1. The number of carbonyl (C=O) groups is 3. The number of anilines is 2. The zero-order valence-corrected chi connectivity index (χ0v) is 20.9. The number of benzene rings is 2. The lowest BCUT2D eigenvalue weighted by atomic mass is 9.70. The molecule has 3 amide bonds. The van der Waals surface area contributed by atoms with Crippen LogP contribution in [0.15, 0.2) is 30.3 Å². The van der Waals surface area contributed by atoms with Crippen LogP contribution in [0.25, 0.3) is 0 Å². The van der Waals surface area contributed by atoms with Crippen molar-refractivity contribution in [2.75, 3.05) is 10.6 Å². The van der Waals surface area contributed by atoms with Gasteiger partial charge < -0.3 is 21.1 Å². The van der Waals surface area contributed by atoms with Crippen LogP contribution in [-0.2, 0) is 4.79 Å². The highest BCUT2D eigenvalue weighted by Crippen LogP contribution is 2.39. The number of nitrogens with one attached hydrogen (secondary N) is 3. The second-order valence-electron chi connectivity index (χ2n) is 9.12. The Balaban J connectivity index is 1.86. The Labute approximate surface area is 209 Å². The molecule has 7 nitrogen and oxygen atoms in total. The van der Waals surface area contributed by atoms with Crippen molar-refractivity contribution in [2.45, 2.75) is 58.9 Å². The van der Waals surface area contributed by atoms with E-state index < -0.39 is 29.4 Å². The number of hydrogen-bond donors (Lipinski definition) is 4. The number of para-hydroxylation sites is 1. The standard InChI is InChI=1S/C25H29Cl2N3O4/c1-14-8-7-9-15(2)20(14)29-24(34)28-19-13-18(27)17(26)12-16(19)22(31)30-21(23(32)33)25(3)10-5-4-6-11-25/h7-9,12-13,21H,4-6,10-11H2,1-3H3,(H,30,31)(H,32,33)(H2,28,29,34)/t21-/m1/s1. The largest absolute Gasteiger partial charge is 0.480 e. The lowest BCUT2D eigenvalue weighted by molar-refractivity contribution is -0.143. The number of carboxylic acid groups (broad SMARTS) is 1. The Morgan fingerprint density at radius 2 is 1.56 bits per heavy atom. The van der Waals surface area contributed by atoms with Gasteiger partial charge in [-0.1, -0.05) is 67.6 Å². The predicted octanol–water partition coefficient (Wildman–Crippen LogP) is 6.41. The lowest BCUT2D eigenvalue weighted by Crippen LogP contribution is -2.52. The molecule has 0 bridgehead atoms. The van der Waals surface area contributed by atoms with Gasteiger partial charge in [0.25, 0.3) is 5.91 Å². The first-order valence-corrected chi connectivity index (χ1v) is 11.9. The average molecular weight is 506 g/mol. The summed E-state index contributed by atoms with van der Waals surface area (Å²) in [6.07, 6.45) is 4.28. The summed E-state index contributed by atoms with van der Waals surface area (Å²) in [6.45, 7) is 5.63. The summed E-state index contributed by atoms with van der Waals surface area (Å²) in [5.74, 6) is -1.75. The van der Waals surface area contributed by atoms with Gasteiger partial charge in [0.05, 0.1) is 21.3 Å². The molecule has 0 unspecified atom stereocenters. The summed E-state index contributed by atoms with van der Waals surface area (Å²) in [7, 11) is 0. The molecule has 34 heavy (non-hydrogen) atoms. The third-order valence-corrected chi connectivity index (χ3v) is 7.21. The van der Waals surface area contributed by atoms with Crippen LogP contribution in [0.3, 0.4) is 0 Å². The number of hydrogen-bond acceptors (Lipinski definition) is 3. The summed E-state index contributed by atoms with van der Waals surface area (Å²) in [5, 5.41) is 18.2. The van der Waals surface area contributed by atoms with Gasteiger partial charge in [-0.3, -0.25) is 4.79 Å². The van der Waals surface area contributed by atoms with Gasteiger partial charge in [0.2, 0.25) is 0 Å². The first kappa shape index (κ1) is 25.8. The molecule has 1 fully saturated rings. The molecule has 4 N–H and O–H groups in total. The van der Waals surface area contributed by atoms with Crippen LogP contribution in [0.5, 0.6) is 0 Å². The Hall–Kier alpha value is -2.77. The summed E-state index contributed by atoms with van der Waals surface area (Å²) < 4.78 is 0. The number of amides is 3. The minimum atomic E-state index is -1.10. The minimum absolute atomic E-state index is 0.0247. The number of carbonyl (C=O) groups excluding carboxylic acids is 2. The molecule has 1 atom stereocenters. The van der Waals surface area contributed by atoms with Gasteiger partial charge in [0.15, 0.2) is 0 Å². The molecular weight excluding hydrogens is 477 g/mol. The van der Waals surface area contributed by atoms with E-state index in [0.717, 1.165) is 30.4 Å². The number of carboxylic acids is 1. The molecule has 0 radical (unpaired) electrons. The van der Waals surface area contributed by atoms with Crippen molar-refractivity contribution >= 4 is 52.5 Å². The molecule has 0 aliphatic heterocycles. The number of rotatable bonds is 6. The van der Waals surface area contributed by atoms with E-state index in [0.29, 0.717) is 18.5 Å². The molecule has 1 aliphatic carbocycles. The molecule has 1 aliphatic rings. The lowest BCUT2D eigenvalue weighted by Gasteiger charge is -2.38.